The lowest BCUT2D eigenvalue weighted by atomic mass is 10.1. The van der Waals surface area contributed by atoms with E-state index >= 15 is 0 Å². The van der Waals surface area contributed by atoms with Crippen molar-refractivity contribution >= 4 is 32.6 Å². The first-order chi connectivity index (χ1) is 7.60. The molecule has 0 radical (unpaired) electrons. The Morgan fingerprint density at radius 1 is 1.50 bits per heavy atom. The number of benzene rings is 1. The van der Waals surface area contributed by atoms with E-state index in [1.165, 1.54) is 23.0 Å². The number of anilines is 1. The zero-order chi connectivity index (χ0) is 11.7. The number of carbonyl (C=O) groups excluding carboxylic acids is 1. The average molecular weight is 232 g/mol. The van der Waals surface area contributed by atoms with Crippen molar-refractivity contribution in [2.45, 2.75) is 13.8 Å². The number of carbonyl (C=O) groups is 1. The lowest BCUT2D eigenvalue weighted by molar-refractivity contribution is -0.111. The monoisotopic (exact) mass is 232 g/mol. The zero-order valence-electron chi connectivity index (χ0n) is 9.20. The van der Waals surface area contributed by atoms with Gasteiger partial charge in [0, 0.05) is 0 Å². The number of nitrogens with zero attached hydrogens (tertiary/aromatic N) is 1. The highest BCUT2D eigenvalue weighted by Gasteiger charge is 2.07. The van der Waals surface area contributed by atoms with Crippen LogP contribution in [0.1, 0.15) is 11.1 Å². The van der Waals surface area contributed by atoms with Gasteiger partial charge in [-0.25, -0.2) is 4.98 Å². The Bertz CT molecular complexity index is 572. The predicted molar refractivity (Wildman–Crippen MR) is 67.9 cm³/mol. The molecule has 0 atom stereocenters. The SMILES string of the molecule is C=CC(=O)Nc1nc2c(C)cc(C)cc2s1. The first kappa shape index (κ1) is 10.8. The van der Waals surface area contributed by atoms with Gasteiger partial charge < -0.3 is 0 Å². The highest BCUT2D eigenvalue weighted by molar-refractivity contribution is 7.22. The van der Waals surface area contributed by atoms with Crippen molar-refractivity contribution in [2.75, 3.05) is 5.32 Å². The number of fused-ring (bicyclic) bond motifs is 1. The summed E-state index contributed by atoms with van der Waals surface area (Å²) in [6.07, 6.45) is 1.24. The molecule has 0 saturated heterocycles. The van der Waals surface area contributed by atoms with Crippen LogP contribution in [0.5, 0.6) is 0 Å². The summed E-state index contributed by atoms with van der Waals surface area (Å²) >= 11 is 1.48. The smallest absolute Gasteiger partial charge is 0.249 e. The second kappa shape index (κ2) is 4.06. The third kappa shape index (κ3) is 1.97. The first-order valence-electron chi connectivity index (χ1n) is 4.91. The summed E-state index contributed by atoms with van der Waals surface area (Å²) < 4.78 is 1.09. The standard InChI is InChI=1S/C12H12N2OS/c1-4-10(15)13-12-14-11-8(3)5-7(2)6-9(11)16-12/h4-6H,1H2,2-3H3,(H,13,14,15). The van der Waals surface area contributed by atoms with Gasteiger partial charge in [-0.2, -0.15) is 0 Å². The van der Waals surface area contributed by atoms with E-state index in [9.17, 15) is 4.79 Å². The van der Waals surface area contributed by atoms with Crippen LogP contribution < -0.4 is 5.32 Å². The topological polar surface area (TPSA) is 42.0 Å². The number of thiazole rings is 1. The number of aryl methyl sites for hydroxylation is 2. The van der Waals surface area contributed by atoms with E-state index in [0.717, 1.165) is 15.8 Å². The Kier molecular flexibility index (Phi) is 2.75. The minimum atomic E-state index is -0.228. The van der Waals surface area contributed by atoms with Crippen LogP contribution >= 0.6 is 11.3 Å². The number of hydrogen-bond acceptors (Lipinski definition) is 3. The van der Waals surface area contributed by atoms with Gasteiger partial charge in [0.05, 0.1) is 10.2 Å². The summed E-state index contributed by atoms with van der Waals surface area (Å²) in [6, 6.07) is 4.16. The fourth-order valence-corrected chi connectivity index (χ4v) is 2.63. The van der Waals surface area contributed by atoms with Crippen LogP contribution in [0.4, 0.5) is 5.13 Å². The Morgan fingerprint density at radius 3 is 2.94 bits per heavy atom. The second-order valence-electron chi connectivity index (χ2n) is 3.64. The molecule has 0 unspecified atom stereocenters. The van der Waals surface area contributed by atoms with Crippen LogP contribution in [0, 0.1) is 13.8 Å². The lowest BCUT2D eigenvalue weighted by Crippen LogP contribution is -2.06. The van der Waals surface area contributed by atoms with Crippen LogP contribution in [0.2, 0.25) is 0 Å². The maximum atomic E-state index is 11.1. The maximum absolute atomic E-state index is 11.1. The molecule has 0 aliphatic rings. The largest absolute Gasteiger partial charge is 0.298 e. The van der Waals surface area contributed by atoms with E-state index in [1.807, 2.05) is 13.8 Å². The molecule has 0 aliphatic carbocycles. The van der Waals surface area contributed by atoms with Gasteiger partial charge in [-0.15, -0.1) is 0 Å². The van der Waals surface area contributed by atoms with E-state index in [2.05, 4.69) is 29.0 Å². The lowest BCUT2D eigenvalue weighted by Gasteiger charge is -1.95. The normalized spacial score (nSPS) is 10.4. The van der Waals surface area contributed by atoms with Gasteiger partial charge >= 0.3 is 0 Å². The van der Waals surface area contributed by atoms with Crippen molar-refractivity contribution in [2.24, 2.45) is 0 Å². The summed E-state index contributed by atoms with van der Waals surface area (Å²) in [5.74, 6) is -0.228. The van der Waals surface area contributed by atoms with Crippen LogP contribution in [0.25, 0.3) is 10.2 Å². The van der Waals surface area contributed by atoms with E-state index < -0.39 is 0 Å². The molecule has 82 valence electrons. The van der Waals surface area contributed by atoms with Gasteiger partial charge in [0.1, 0.15) is 0 Å². The number of nitrogens with one attached hydrogen (secondary N) is 1. The fourth-order valence-electron chi connectivity index (χ4n) is 1.58. The van der Waals surface area contributed by atoms with E-state index in [1.54, 1.807) is 0 Å². The van der Waals surface area contributed by atoms with Crippen LogP contribution in [0.3, 0.4) is 0 Å². The first-order valence-corrected chi connectivity index (χ1v) is 5.73. The molecule has 0 spiro atoms. The Hall–Kier alpha value is -1.68. The molecule has 2 rings (SSSR count). The molecule has 0 aliphatic heterocycles. The molecule has 1 N–H and O–H groups in total. The molecular formula is C12H12N2OS. The third-order valence-electron chi connectivity index (χ3n) is 2.25. The molecule has 1 amide bonds. The number of rotatable bonds is 2. The molecule has 2 aromatic rings. The molecule has 1 heterocycles. The average Bonchev–Trinajstić information content (AvgIpc) is 2.60. The maximum Gasteiger partial charge on any atom is 0.249 e. The summed E-state index contributed by atoms with van der Waals surface area (Å²) in [5, 5.41) is 3.30. The fraction of sp³-hybridized carbons (Fsp3) is 0.167. The predicted octanol–water partition coefficient (Wildman–Crippen LogP) is 3.04. The van der Waals surface area contributed by atoms with Gasteiger partial charge in [-0.3, -0.25) is 10.1 Å². The molecule has 0 saturated carbocycles. The molecule has 0 fully saturated rings. The van der Waals surface area contributed by atoms with Gasteiger partial charge in [0.2, 0.25) is 5.91 Å². The van der Waals surface area contributed by atoms with Crippen molar-refractivity contribution in [3.05, 3.63) is 35.9 Å². The Morgan fingerprint density at radius 2 is 2.25 bits per heavy atom. The van der Waals surface area contributed by atoms with Crippen LogP contribution in [-0.2, 0) is 4.79 Å². The van der Waals surface area contributed by atoms with Crippen molar-refractivity contribution in [3.63, 3.8) is 0 Å². The van der Waals surface area contributed by atoms with Gasteiger partial charge in [0.25, 0.3) is 0 Å². The summed E-state index contributed by atoms with van der Waals surface area (Å²) in [6.45, 7) is 7.48. The van der Waals surface area contributed by atoms with E-state index in [4.69, 9.17) is 0 Å². The summed E-state index contributed by atoms with van der Waals surface area (Å²) in [7, 11) is 0. The zero-order valence-corrected chi connectivity index (χ0v) is 10.0. The van der Waals surface area contributed by atoms with Crippen molar-refractivity contribution < 1.29 is 4.79 Å². The minimum Gasteiger partial charge on any atom is -0.298 e. The third-order valence-corrected chi connectivity index (χ3v) is 3.16. The van der Waals surface area contributed by atoms with Crippen LogP contribution in [0.15, 0.2) is 24.8 Å². The van der Waals surface area contributed by atoms with Gasteiger partial charge in [-0.05, 0) is 37.1 Å². The quantitative estimate of drug-likeness (QED) is 0.809. The highest BCUT2D eigenvalue weighted by atomic mass is 32.1. The minimum absolute atomic E-state index is 0.228. The van der Waals surface area contributed by atoms with Crippen LogP contribution in [-0.4, -0.2) is 10.9 Å². The highest BCUT2D eigenvalue weighted by Crippen LogP contribution is 2.29. The summed E-state index contributed by atoms with van der Waals surface area (Å²) in [4.78, 5) is 15.5. The molecular weight excluding hydrogens is 220 g/mol. The van der Waals surface area contributed by atoms with Crippen molar-refractivity contribution in [1.29, 1.82) is 0 Å². The molecule has 1 aromatic heterocycles. The molecule has 0 bridgehead atoms. The molecule has 4 heteroatoms. The number of amides is 1. The van der Waals surface area contributed by atoms with Crippen molar-refractivity contribution in [3.8, 4) is 0 Å². The van der Waals surface area contributed by atoms with Gasteiger partial charge in [-0.1, -0.05) is 24.0 Å². The Labute approximate surface area is 97.8 Å². The van der Waals surface area contributed by atoms with Gasteiger partial charge in [0.15, 0.2) is 5.13 Å². The van der Waals surface area contributed by atoms with E-state index in [-0.39, 0.29) is 5.91 Å². The number of hydrogen-bond donors (Lipinski definition) is 1. The molecule has 16 heavy (non-hydrogen) atoms. The second-order valence-corrected chi connectivity index (χ2v) is 4.67. The molecule has 1 aromatic carbocycles. The van der Waals surface area contributed by atoms with Crippen molar-refractivity contribution in [1.82, 2.24) is 4.98 Å². The number of aromatic nitrogens is 1. The Balaban J connectivity index is 2.47. The molecule has 3 nitrogen and oxygen atoms in total. The summed E-state index contributed by atoms with van der Waals surface area (Å²) in [5.41, 5.74) is 3.29. The van der Waals surface area contributed by atoms with E-state index in [0.29, 0.717) is 5.13 Å².